The standard InChI is InChI=1S/C62H86N12O16.C6H14O6/c1-27(2)42-59(84)73-23-17-19-36(73)57(82)69(13)25-38(75)71(15)48(29(5)6)61(86)88-33(11)44(55(80)65-42)67-53(78)35-22-21-31(9)51-46(35)64-47-40(41(63)50(77)32(10)52(47)90-51)54(79)68-45-34(12)89-62(87)49(30(7)8)72(16)39(76)26-70(14)58(83)37-20-18-24-74(37)60(85)43(28(3)4)66-56(45)81;7-1-3(9)5(11)6(12)4(10)2-8/h21-22,27-30,33-34,36-37,42-45,48-49H,17-20,23-26,63H2,1-16H3,(H,65,80)(H,66,81)(H,67,78)(H,68,79);3-12H,1-2H2. The van der Waals surface area contributed by atoms with Crippen LogP contribution in [-0.4, -0.2) is 289 Å². The van der Waals surface area contributed by atoms with Gasteiger partial charge in [-0.3, -0.25) is 52.7 Å². The highest BCUT2D eigenvalue weighted by atomic mass is 16.6. The van der Waals surface area contributed by atoms with Crippen molar-refractivity contribution in [2.45, 2.75) is 194 Å². The van der Waals surface area contributed by atoms with Crippen LogP contribution in [0, 0.1) is 37.5 Å². The Morgan fingerprint density at radius 3 is 1.39 bits per heavy atom. The summed E-state index contributed by atoms with van der Waals surface area (Å²) in [5.41, 5.74) is 3.57. The lowest BCUT2D eigenvalue weighted by atomic mass is 9.98. The highest BCUT2D eigenvalue weighted by Crippen LogP contribution is 2.35. The molecule has 34 heteroatoms. The van der Waals surface area contributed by atoms with Gasteiger partial charge in [0.15, 0.2) is 11.3 Å². The molecule has 1 aromatic carbocycles. The molecule has 4 fully saturated rings. The van der Waals surface area contributed by atoms with E-state index in [1.54, 1.807) is 62.3 Å². The number of hydrogen-bond acceptors (Lipinski definition) is 24. The molecular weight excluding hydrogens is 1340 g/mol. The molecule has 102 heavy (non-hydrogen) atoms. The SMILES string of the molecule is Cc1c2oc3c(C)ccc(C(=O)NC4C(=O)NC(C(C)C)C(=O)N5CCCC5C(=O)N(C)CC(=O)N(C)C(C(C)C)C(=O)OC4C)c3nc-2c(C(=O)NC2C(=O)NC(C(C)C)C(=O)N3CCCC3C(=O)N(C)CC(=O)N(C)C(C(C)C)C(=O)OC2C)c(N)c1=O.OCC(O)C(O)C(O)C(O)CO. The third-order valence-electron chi connectivity index (χ3n) is 19.0. The molecule has 6 aliphatic rings. The predicted molar refractivity (Wildman–Crippen MR) is 364 cm³/mol. The van der Waals surface area contributed by atoms with Crippen molar-refractivity contribution in [2.24, 2.45) is 23.7 Å². The van der Waals surface area contributed by atoms with Gasteiger partial charge in [0.25, 0.3) is 11.8 Å². The van der Waals surface area contributed by atoms with Crippen molar-refractivity contribution >= 4 is 87.8 Å². The summed E-state index contributed by atoms with van der Waals surface area (Å²) < 4.78 is 18.3. The number of cyclic esters (lactones) is 2. The maximum atomic E-state index is 15.2. The molecular formula is C68H100N12O22. The van der Waals surface area contributed by atoms with Gasteiger partial charge in [0.2, 0.25) is 52.7 Å². The number of nitrogen functional groups attached to an aromatic ring is 1. The van der Waals surface area contributed by atoms with Crippen LogP contribution in [-0.2, 0) is 57.4 Å². The number of aliphatic hydroxyl groups is 6. The van der Waals surface area contributed by atoms with Crippen LogP contribution in [0.1, 0.15) is 127 Å². The van der Waals surface area contributed by atoms with E-state index in [4.69, 9.17) is 55.2 Å². The molecule has 34 nitrogen and oxygen atoms in total. The highest BCUT2D eigenvalue weighted by Gasteiger charge is 2.47. The predicted octanol–water partition coefficient (Wildman–Crippen LogP) is -2.86. The fourth-order valence-electron chi connectivity index (χ4n) is 12.9. The normalized spacial score (nSPS) is 25.7. The summed E-state index contributed by atoms with van der Waals surface area (Å²) in [5, 5.41) is 62.9. The molecule has 10 amide bonds. The quantitative estimate of drug-likeness (QED) is 0.0466. The topological polar surface area (TPSA) is 481 Å². The fraction of sp³-hybridized carbons (Fsp3) is 0.647. The summed E-state index contributed by atoms with van der Waals surface area (Å²) in [6.45, 7) is 16.9. The number of esters is 2. The number of benzene rings is 2. The van der Waals surface area contributed by atoms with Gasteiger partial charge in [-0.15, -0.1) is 0 Å². The number of nitrogens with one attached hydrogen (secondary N) is 4. The Morgan fingerprint density at radius 2 is 1.01 bits per heavy atom. The van der Waals surface area contributed by atoms with E-state index in [-0.39, 0.29) is 53.9 Å². The number of aromatic nitrogens is 1. The molecule has 14 atom stereocenters. The van der Waals surface area contributed by atoms with Crippen molar-refractivity contribution in [3.8, 4) is 11.5 Å². The van der Waals surface area contributed by atoms with Gasteiger partial charge in [-0.2, -0.15) is 0 Å². The minimum atomic E-state index is -1.88. The molecule has 1 aliphatic carbocycles. The summed E-state index contributed by atoms with van der Waals surface area (Å²) in [5.74, 6) is -12.4. The van der Waals surface area contributed by atoms with Gasteiger partial charge in [0.1, 0.15) is 96.2 Å². The first-order valence-corrected chi connectivity index (χ1v) is 34.0. The third-order valence-corrected chi connectivity index (χ3v) is 19.0. The highest BCUT2D eigenvalue weighted by molar-refractivity contribution is 6.10. The van der Waals surface area contributed by atoms with Crippen molar-refractivity contribution in [2.75, 3.05) is 73.3 Å². The Balaban J connectivity index is 0.00000124. The van der Waals surface area contributed by atoms with E-state index in [0.717, 1.165) is 9.80 Å². The summed E-state index contributed by atoms with van der Waals surface area (Å²) >= 11 is 0. The average molecular weight is 1440 g/mol. The summed E-state index contributed by atoms with van der Waals surface area (Å²) in [7, 11) is 5.59. The lowest BCUT2D eigenvalue weighted by Gasteiger charge is -2.36. The first kappa shape index (κ1) is 82.0. The molecule has 1 aromatic rings. The molecule has 0 radical (unpaired) electrons. The number of hydrogen-bond donors (Lipinski definition) is 11. The van der Waals surface area contributed by atoms with E-state index in [2.05, 4.69) is 21.3 Å². The van der Waals surface area contributed by atoms with Gasteiger partial charge in [-0.25, -0.2) is 14.6 Å². The molecule has 7 rings (SSSR count). The zero-order valence-corrected chi connectivity index (χ0v) is 60.5. The Hall–Kier alpha value is -8.96. The minimum Gasteiger partial charge on any atom is -0.458 e. The second kappa shape index (κ2) is 34.3. The van der Waals surface area contributed by atoms with E-state index in [0.29, 0.717) is 18.4 Å². The number of fused-ring (bicyclic) bond motifs is 4. The van der Waals surface area contributed by atoms with Crippen molar-refractivity contribution in [1.82, 2.24) is 55.7 Å². The van der Waals surface area contributed by atoms with Crippen LogP contribution >= 0.6 is 0 Å². The van der Waals surface area contributed by atoms with Crippen LogP contribution in [0.3, 0.4) is 0 Å². The molecule has 12 N–H and O–H groups in total. The van der Waals surface area contributed by atoms with Gasteiger partial charge in [0.05, 0.1) is 43.1 Å². The van der Waals surface area contributed by atoms with E-state index in [1.165, 1.54) is 80.7 Å². The van der Waals surface area contributed by atoms with Gasteiger partial charge in [0, 0.05) is 46.8 Å². The number of rotatable bonds is 13. The van der Waals surface area contributed by atoms with E-state index in [9.17, 15) is 52.7 Å². The van der Waals surface area contributed by atoms with Crippen molar-refractivity contribution in [1.29, 1.82) is 0 Å². The number of aliphatic hydroxyl groups excluding tert-OH is 6. The molecule has 14 unspecified atom stereocenters. The molecule has 0 bridgehead atoms. The number of aryl methyl sites for hydroxylation is 1. The van der Waals surface area contributed by atoms with Crippen LogP contribution in [0.4, 0.5) is 5.69 Å². The van der Waals surface area contributed by atoms with Gasteiger partial charge >= 0.3 is 11.9 Å². The number of carbonyl (C=O) groups excluding carboxylic acids is 12. The van der Waals surface area contributed by atoms with E-state index >= 15 is 9.59 Å². The van der Waals surface area contributed by atoms with Crippen molar-refractivity contribution < 1.29 is 102 Å². The number of nitrogens with zero attached hydrogens (tertiary/aromatic N) is 7. The first-order chi connectivity index (χ1) is 47.6. The van der Waals surface area contributed by atoms with Crippen LogP contribution in [0.5, 0.6) is 0 Å². The number of nitrogens with two attached hydrogens (primary N) is 1. The van der Waals surface area contributed by atoms with Crippen molar-refractivity contribution in [3.05, 3.63) is 44.6 Å². The molecule has 5 aliphatic heterocycles. The van der Waals surface area contributed by atoms with Gasteiger partial charge < -0.3 is 101 Å². The Bertz CT molecular complexity index is 3680. The molecule has 0 saturated carbocycles. The van der Waals surface area contributed by atoms with Gasteiger partial charge in [-0.1, -0.05) is 61.5 Å². The maximum Gasteiger partial charge on any atom is 0.329 e. The summed E-state index contributed by atoms with van der Waals surface area (Å²) in [6, 6.07) is -7.90. The Morgan fingerprint density at radius 1 is 0.608 bits per heavy atom. The van der Waals surface area contributed by atoms with Crippen LogP contribution in [0.25, 0.3) is 22.6 Å². The average Bonchev–Trinajstić information content (AvgIpc) is 0.878. The fourth-order valence-corrected chi connectivity index (χ4v) is 12.9. The zero-order valence-electron chi connectivity index (χ0n) is 60.5. The monoisotopic (exact) mass is 1440 g/mol. The molecule has 564 valence electrons. The number of carbonyl (C=O) groups is 12. The Labute approximate surface area is 590 Å². The van der Waals surface area contributed by atoms with E-state index < -0.39 is 228 Å². The largest absolute Gasteiger partial charge is 0.458 e. The first-order valence-electron chi connectivity index (χ1n) is 34.0. The number of ether oxygens (including phenoxy) is 2. The number of anilines is 1. The van der Waals surface area contributed by atoms with E-state index in [1.807, 2.05) is 0 Å². The van der Waals surface area contributed by atoms with Crippen LogP contribution in [0.15, 0.2) is 21.3 Å². The Kier molecular flexibility index (Phi) is 27.6. The summed E-state index contributed by atoms with van der Waals surface area (Å²) in [6.07, 6.45) is -8.04. The molecule has 0 spiro atoms. The number of amides is 10. The van der Waals surface area contributed by atoms with Gasteiger partial charge in [-0.05, 0) is 88.7 Å². The molecule has 5 heterocycles. The van der Waals surface area contributed by atoms with Crippen LogP contribution < -0.4 is 32.4 Å². The third kappa shape index (κ3) is 17.7. The second-order valence-electron chi connectivity index (χ2n) is 28.0. The van der Waals surface area contributed by atoms with Crippen LogP contribution in [0.2, 0.25) is 0 Å². The summed E-state index contributed by atoms with van der Waals surface area (Å²) in [4.78, 5) is 199. The maximum absolute atomic E-state index is 15.2. The lowest BCUT2D eigenvalue weighted by Crippen LogP contribution is -2.61. The minimum absolute atomic E-state index is 0.0763. The molecule has 4 saturated heterocycles. The number of likely N-dealkylation sites (N-methyl/N-ethyl adjacent to an activating group) is 4. The smallest absolute Gasteiger partial charge is 0.329 e. The zero-order chi connectivity index (χ0) is 76.7. The molecule has 0 aromatic heterocycles. The second-order valence-corrected chi connectivity index (χ2v) is 28.0. The van der Waals surface area contributed by atoms with Crippen molar-refractivity contribution in [3.63, 3.8) is 0 Å². The lowest BCUT2D eigenvalue weighted by molar-refractivity contribution is -0.163.